The molecule has 128 valence electrons. The molecule has 2 rings (SSSR count). The number of H-pyrrole nitrogens is 1. The summed E-state index contributed by atoms with van der Waals surface area (Å²) >= 11 is 0. The summed E-state index contributed by atoms with van der Waals surface area (Å²) in [6, 6.07) is 6.67. The summed E-state index contributed by atoms with van der Waals surface area (Å²) in [6.07, 6.45) is 0.0278. The largest absolute Gasteiger partial charge is 0.481 e. The molecular formula is C16H19N3O5. The average Bonchev–Trinajstić information content (AvgIpc) is 2.52. The number of aromatic amines is 1. The third kappa shape index (κ3) is 4.31. The lowest BCUT2D eigenvalue weighted by molar-refractivity contribution is -0.138. The Morgan fingerprint density at radius 2 is 2.00 bits per heavy atom. The smallest absolute Gasteiger partial charge is 0.328 e. The molecule has 0 aliphatic heterocycles. The fourth-order valence-electron chi connectivity index (χ4n) is 2.42. The van der Waals surface area contributed by atoms with Gasteiger partial charge in [-0.1, -0.05) is 19.1 Å². The number of benzene rings is 1. The Morgan fingerprint density at radius 3 is 2.71 bits per heavy atom. The van der Waals surface area contributed by atoms with Crippen molar-refractivity contribution in [3.63, 3.8) is 0 Å². The maximum absolute atomic E-state index is 12.0. The van der Waals surface area contributed by atoms with Gasteiger partial charge >= 0.3 is 11.7 Å². The second-order valence-corrected chi connectivity index (χ2v) is 5.69. The van der Waals surface area contributed by atoms with E-state index in [2.05, 4.69) is 10.3 Å². The molecule has 0 aliphatic rings. The highest BCUT2D eigenvalue weighted by Gasteiger charge is 2.11. The Kier molecular flexibility index (Phi) is 5.51. The summed E-state index contributed by atoms with van der Waals surface area (Å²) in [6.45, 7) is 2.11. The molecule has 0 saturated carbocycles. The van der Waals surface area contributed by atoms with Gasteiger partial charge in [-0.2, -0.15) is 0 Å². The highest BCUT2D eigenvalue weighted by atomic mass is 16.4. The average molecular weight is 333 g/mol. The molecule has 1 unspecified atom stereocenters. The fourth-order valence-corrected chi connectivity index (χ4v) is 2.42. The molecule has 8 nitrogen and oxygen atoms in total. The number of carboxylic acid groups (broad SMARTS) is 1. The minimum atomic E-state index is -0.914. The molecular weight excluding hydrogens is 314 g/mol. The maximum atomic E-state index is 12.0. The van der Waals surface area contributed by atoms with Crippen molar-refractivity contribution in [3.8, 4) is 0 Å². The number of rotatable bonds is 7. The lowest BCUT2D eigenvalue weighted by Crippen LogP contribution is -2.33. The Hall–Kier alpha value is -2.90. The zero-order chi connectivity index (χ0) is 17.7. The van der Waals surface area contributed by atoms with E-state index in [-0.39, 0.29) is 37.8 Å². The number of hydrogen-bond acceptors (Lipinski definition) is 4. The first-order valence-corrected chi connectivity index (χ1v) is 7.59. The summed E-state index contributed by atoms with van der Waals surface area (Å²) in [7, 11) is 0. The van der Waals surface area contributed by atoms with Gasteiger partial charge in [0.25, 0.3) is 5.56 Å². The third-order valence-corrected chi connectivity index (χ3v) is 3.64. The highest BCUT2D eigenvalue weighted by molar-refractivity contribution is 5.78. The van der Waals surface area contributed by atoms with Gasteiger partial charge in [0.15, 0.2) is 0 Å². The van der Waals surface area contributed by atoms with Crippen molar-refractivity contribution in [2.24, 2.45) is 5.92 Å². The van der Waals surface area contributed by atoms with Gasteiger partial charge in [-0.15, -0.1) is 0 Å². The monoisotopic (exact) mass is 333 g/mol. The van der Waals surface area contributed by atoms with Crippen LogP contribution in [-0.2, 0) is 16.1 Å². The van der Waals surface area contributed by atoms with E-state index in [4.69, 9.17) is 5.11 Å². The van der Waals surface area contributed by atoms with Crippen LogP contribution in [0.5, 0.6) is 0 Å². The first-order chi connectivity index (χ1) is 11.4. The number of aliphatic carboxylic acids is 1. The van der Waals surface area contributed by atoms with Crippen molar-refractivity contribution < 1.29 is 14.7 Å². The number of nitrogens with one attached hydrogen (secondary N) is 2. The minimum absolute atomic E-state index is 0.0235. The van der Waals surface area contributed by atoms with Crippen molar-refractivity contribution in [1.29, 1.82) is 0 Å². The van der Waals surface area contributed by atoms with E-state index in [0.29, 0.717) is 10.9 Å². The molecule has 0 bridgehead atoms. The van der Waals surface area contributed by atoms with Crippen molar-refractivity contribution in [1.82, 2.24) is 14.9 Å². The summed E-state index contributed by atoms with van der Waals surface area (Å²) < 4.78 is 1.34. The third-order valence-electron chi connectivity index (χ3n) is 3.64. The first-order valence-electron chi connectivity index (χ1n) is 7.59. The quantitative estimate of drug-likeness (QED) is 0.673. The van der Waals surface area contributed by atoms with E-state index < -0.39 is 17.2 Å². The standard InChI is InChI=1S/C16H19N3O5/c1-10(8-14(21)22)9-17-13(20)6-7-19-12-5-3-2-4-11(12)15(23)18-16(19)24/h2-5,10H,6-9H2,1H3,(H,17,20)(H,21,22)(H,18,23,24). The molecule has 0 radical (unpaired) electrons. The zero-order valence-corrected chi connectivity index (χ0v) is 13.2. The summed E-state index contributed by atoms with van der Waals surface area (Å²) in [5, 5.41) is 11.7. The molecule has 1 atom stereocenters. The number of carbonyl (C=O) groups excluding carboxylic acids is 1. The van der Waals surface area contributed by atoms with Crippen LogP contribution in [0.3, 0.4) is 0 Å². The maximum Gasteiger partial charge on any atom is 0.328 e. The van der Waals surface area contributed by atoms with Crippen molar-refractivity contribution in [3.05, 3.63) is 45.1 Å². The first kappa shape index (κ1) is 17.5. The van der Waals surface area contributed by atoms with Crippen LogP contribution in [0.15, 0.2) is 33.9 Å². The number of carbonyl (C=O) groups is 2. The molecule has 0 saturated heterocycles. The Balaban J connectivity index is 2.03. The van der Waals surface area contributed by atoms with Crippen LogP contribution < -0.4 is 16.6 Å². The molecule has 0 fully saturated rings. The topological polar surface area (TPSA) is 121 Å². The minimum Gasteiger partial charge on any atom is -0.481 e. The molecule has 8 heteroatoms. The van der Waals surface area contributed by atoms with Crippen molar-refractivity contribution in [2.75, 3.05) is 6.54 Å². The molecule has 0 aliphatic carbocycles. The summed E-state index contributed by atoms with van der Waals surface area (Å²) in [5.41, 5.74) is -0.553. The second-order valence-electron chi connectivity index (χ2n) is 5.69. The van der Waals surface area contributed by atoms with Crippen LogP contribution in [0, 0.1) is 5.92 Å². The number of amides is 1. The van der Waals surface area contributed by atoms with E-state index in [1.165, 1.54) is 4.57 Å². The van der Waals surface area contributed by atoms with Crippen LogP contribution in [0.4, 0.5) is 0 Å². The molecule has 24 heavy (non-hydrogen) atoms. The fraction of sp³-hybridized carbons (Fsp3) is 0.375. The van der Waals surface area contributed by atoms with E-state index in [1.54, 1.807) is 31.2 Å². The van der Waals surface area contributed by atoms with Gasteiger partial charge in [0.2, 0.25) is 5.91 Å². The molecule has 0 spiro atoms. The van der Waals surface area contributed by atoms with Crippen molar-refractivity contribution >= 4 is 22.8 Å². The van der Waals surface area contributed by atoms with Crippen LogP contribution >= 0.6 is 0 Å². The van der Waals surface area contributed by atoms with E-state index in [0.717, 1.165) is 0 Å². The molecule has 1 amide bonds. The number of carboxylic acids is 1. The van der Waals surface area contributed by atoms with Gasteiger partial charge in [-0.05, 0) is 18.1 Å². The molecule has 3 N–H and O–H groups in total. The normalized spacial score (nSPS) is 12.0. The number of para-hydroxylation sites is 1. The predicted octanol–water partition coefficient (Wildman–Crippen LogP) is 0.307. The molecule has 1 aromatic carbocycles. The van der Waals surface area contributed by atoms with Crippen LogP contribution in [0.25, 0.3) is 10.9 Å². The van der Waals surface area contributed by atoms with E-state index in [9.17, 15) is 19.2 Å². The molecule has 1 heterocycles. The van der Waals surface area contributed by atoms with E-state index in [1.807, 2.05) is 0 Å². The molecule has 1 aromatic heterocycles. The van der Waals surface area contributed by atoms with Gasteiger partial charge in [-0.25, -0.2) is 4.79 Å². The van der Waals surface area contributed by atoms with Crippen LogP contribution in [0.2, 0.25) is 0 Å². The predicted molar refractivity (Wildman–Crippen MR) is 87.9 cm³/mol. The number of aryl methyl sites for hydroxylation is 1. The number of nitrogens with zero attached hydrogens (tertiary/aromatic N) is 1. The van der Waals surface area contributed by atoms with Gasteiger partial charge in [0, 0.05) is 25.9 Å². The Morgan fingerprint density at radius 1 is 1.29 bits per heavy atom. The van der Waals surface area contributed by atoms with Gasteiger partial charge < -0.3 is 10.4 Å². The van der Waals surface area contributed by atoms with Crippen LogP contribution in [-0.4, -0.2) is 33.1 Å². The van der Waals surface area contributed by atoms with Gasteiger partial charge in [-0.3, -0.25) is 23.9 Å². The lowest BCUT2D eigenvalue weighted by atomic mass is 10.1. The number of fused-ring (bicyclic) bond motifs is 1. The van der Waals surface area contributed by atoms with E-state index >= 15 is 0 Å². The summed E-state index contributed by atoms with van der Waals surface area (Å²) in [4.78, 5) is 48.4. The molecule has 2 aromatic rings. The zero-order valence-electron chi connectivity index (χ0n) is 13.2. The summed E-state index contributed by atoms with van der Waals surface area (Å²) in [5.74, 6) is -1.37. The number of hydrogen-bond donors (Lipinski definition) is 3. The number of aromatic nitrogens is 2. The highest BCUT2D eigenvalue weighted by Crippen LogP contribution is 2.07. The van der Waals surface area contributed by atoms with Crippen molar-refractivity contribution in [2.45, 2.75) is 26.3 Å². The second kappa shape index (κ2) is 7.58. The Labute approximate surface area is 137 Å². The lowest BCUT2D eigenvalue weighted by Gasteiger charge is -2.12. The Bertz CT molecular complexity index is 868. The van der Waals surface area contributed by atoms with Gasteiger partial charge in [0.05, 0.1) is 10.9 Å². The van der Waals surface area contributed by atoms with Crippen LogP contribution in [0.1, 0.15) is 19.8 Å². The SMILES string of the molecule is CC(CNC(=O)CCn1c(=O)[nH]c(=O)c2ccccc21)CC(=O)O. The van der Waals surface area contributed by atoms with Gasteiger partial charge in [0.1, 0.15) is 0 Å².